The molecule has 3 rings (SSSR count). The van der Waals surface area contributed by atoms with Crippen molar-refractivity contribution in [1.29, 1.82) is 0 Å². The van der Waals surface area contributed by atoms with Gasteiger partial charge in [-0.2, -0.15) is 0 Å². The predicted molar refractivity (Wildman–Crippen MR) is 67.8 cm³/mol. The number of hydrogen-bond donors (Lipinski definition) is 2. The van der Waals surface area contributed by atoms with Gasteiger partial charge in [-0.15, -0.1) is 0 Å². The molecule has 0 amide bonds. The molecule has 3 N–H and O–H groups in total. The normalized spacial score (nSPS) is 15.9. The van der Waals surface area contributed by atoms with Gasteiger partial charge < -0.3 is 10.7 Å². The van der Waals surface area contributed by atoms with Gasteiger partial charge in [0.25, 0.3) is 0 Å². The molecule has 1 aliphatic rings. The number of aromatic amines is 1. The second kappa shape index (κ2) is 3.63. The molecule has 0 unspecified atom stereocenters. The van der Waals surface area contributed by atoms with Crippen molar-refractivity contribution in [1.82, 2.24) is 4.98 Å². The lowest BCUT2D eigenvalue weighted by molar-refractivity contribution is 0.931. The van der Waals surface area contributed by atoms with E-state index >= 15 is 0 Å². The van der Waals surface area contributed by atoms with Crippen LogP contribution in [-0.2, 0) is 6.42 Å². The van der Waals surface area contributed by atoms with E-state index in [1.807, 2.05) is 0 Å². The van der Waals surface area contributed by atoms with E-state index in [1.165, 1.54) is 40.6 Å². The second-order valence-corrected chi connectivity index (χ2v) is 4.83. The van der Waals surface area contributed by atoms with Crippen LogP contribution in [0.2, 0.25) is 0 Å². The summed E-state index contributed by atoms with van der Waals surface area (Å²) in [5, 5.41) is 1.41. The third kappa shape index (κ3) is 1.45. The molecule has 0 spiro atoms. The first kappa shape index (κ1) is 9.91. The number of nitrogens with one attached hydrogen (secondary N) is 1. The largest absolute Gasteiger partial charge is 0.358 e. The summed E-state index contributed by atoms with van der Waals surface area (Å²) in [6, 6.07) is 6.48. The van der Waals surface area contributed by atoms with Crippen LogP contribution >= 0.6 is 0 Å². The highest BCUT2D eigenvalue weighted by atomic mass is 14.7. The zero-order valence-electron chi connectivity index (χ0n) is 9.72. The monoisotopic (exact) mass is 214 g/mol. The van der Waals surface area contributed by atoms with E-state index in [4.69, 9.17) is 5.73 Å². The van der Waals surface area contributed by atoms with Crippen LogP contribution in [0.1, 0.15) is 35.6 Å². The molecule has 0 aliphatic heterocycles. The van der Waals surface area contributed by atoms with E-state index in [1.54, 1.807) is 0 Å². The van der Waals surface area contributed by atoms with Crippen molar-refractivity contribution in [3.8, 4) is 0 Å². The fraction of sp³-hybridized carbons (Fsp3) is 0.429. The number of hydrogen-bond acceptors (Lipinski definition) is 1. The molecule has 2 heteroatoms. The third-order valence-corrected chi connectivity index (χ3v) is 3.55. The first-order valence-corrected chi connectivity index (χ1v) is 6.11. The number of benzene rings is 1. The standard InChI is InChI=1S/C14H18N2/c1-9-3-2-4-12-13(9)11(7-8-15)14(16-12)10-5-6-10/h2-4,10,16H,5-8,15H2,1H3. The molecular formula is C14H18N2. The van der Waals surface area contributed by atoms with Crippen LogP contribution in [0.4, 0.5) is 0 Å². The molecule has 1 aromatic heterocycles. The van der Waals surface area contributed by atoms with E-state index in [9.17, 15) is 0 Å². The van der Waals surface area contributed by atoms with Gasteiger partial charge in [0, 0.05) is 16.6 Å². The summed E-state index contributed by atoms with van der Waals surface area (Å²) in [4.78, 5) is 3.60. The van der Waals surface area contributed by atoms with Crippen molar-refractivity contribution >= 4 is 10.9 Å². The summed E-state index contributed by atoms with van der Waals surface area (Å²) in [5.74, 6) is 0.772. The predicted octanol–water partition coefficient (Wildman–Crippen LogP) is 2.85. The summed E-state index contributed by atoms with van der Waals surface area (Å²) in [5.41, 5.74) is 11.3. The van der Waals surface area contributed by atoms with Gasteiger partial charge in [-0.25, -0.2) is 0 Å². The van der Waals surface area contributed by atoms with Crippen molar-refractivity contribution in [2.75, 3.05) is 6.54 Å². The van der Waals surface area contributed by atoms with Gasteiger partial charge in [0.05, 0.1) is 0 Å². The van der Waals surface area contributed by atoms with Crippen molar-refractivity contribution in [2.24, 2.45) is 5.73 Å². The minimum atomic E-state index is 0.737. The zero-order valence-corrected chi connectivity index (χ0v) is 9.72. The number of H-pyrrole nitrogens is 1. The van der Waals surface area contributed by atoms with Crippen LogP contribution in [0, 0.1) is 6.92 Å². The molecule has 0 bridgehead atoms. The topological polar surface area (TPSA) is 41.8 Å². The first-order chi connectivity index (χ1) is 7.81. The average Bonchev–Trinajstić information content (AvgIpc) is 3.04. The molecule has 84 valence electrons. The fourth-order valence-corrected chi connectivity index (χ4v) is 2.65. The van der Waals surface area contributed by atoms with Crippen LogP contribution in [0.3, 0.4) is 0 Å². The van der Waals surface area contributed by atoms with E-state index < -0.39 is 0 Å². The minimum absolute atomic E-state index is 0.737. The van der Waals surface area contributed by atoms with E-state index in [-0.39, 0.29) is 0 Å². The van der Waals surface area contributed by atoms with Gasteiger partial charge in [0.1, 0.15) is 0 Å². The Kier molecular flexibility index (Phi) is 2.25. The Morgan fingerprint density at radius 3 is 2.88 bits per heavy atom. The summed E-state index contributed by atoms with van der Waals surface area (Å²) in [6.45, 7) is 2.92. The van der Waals surface area contributed by atoms with Gasteiger partial charge >= 0.3 is 0 Å². The molecule has 1 heterocycles. The first-order valence-electron chi connectivity index (χ1n) is 6.11. The molecule has 16 heavy (non-hydrogen) atoms. The van der Waals surface area contributed by atoms with Gasteiger partial charge in [-0.05, 0) is 55.8 Å². The minimum Gasteiger partial charge on any atom is -0.358 e. The lowest BCUT2D eigenvalue weighted by atomic mass is 10.0. The summed E-state index contributed by atoms with van der Waals surface area (Å²) in [7, 11) is 0. The highest BCUT2D eigenvalue weighted by Gasteiger charge is 2.28. The molecule has 1 saturated carbocycles. The Labute approximate surface area is 95.8 Å². The summed E-state index contributed by atoms with van der Waals surface area (Å²) >= 11 is 0. The fourth-order valence-electron chi connectivity index (χ4n) is 2.65. The number of aryl methyl sites for hydroxylation is 1. The highest BCUT2D eigenvalue weighted by molar-refractivity contribution is 5.88. The van der Waals surface area contributed by atoms with Crippen LogP contribution in [0.15, 0.2) is 18.2 Å². The highest BCUT2D eigenvalue weighted by Crippen LogP contribution is 2.43. The molecule has 2 aromatic rings. The lowest BCUT2D eigenvalue weighted by Gasteiger charge is -2.03. The van der Waals surface area contributed by atoms with Crippen LogP contribution < -0.4 is 5.73 Å². The molecule has 1 aromatic carbocycles. The smallest absolute Gasteiger partial charge is 0.0461 e. The SMILES string of the molecule is Cc1cccc2[nH]c(C3CC3)c(CCN)c12. The maximum Gasteiger partial charge on any atom is 0.0461 e. The third-order valence-electron chi connectivity index (χ3n) is 3.55. The Bertz CT molecular complexity index is 521. The van der Waals surface area contributed by atoms with Crippen molar-refractivity contribution in [3.63, 3.8) is 0 Å². The van der Waals surface area contributed by atoms with Crippen molar-refractivity contribution < 1.29 is 0 Å². The maximum atomic E-state index is 5.74. The second-order valence-electron chi connectivity index (χ2n) is 4.83. The maximum absolute atomic E-state index is 5.74. The molecule has 0 atom stereocenters. The molecular weight excluding hydrogens is 196 g/mol. The summed E-state index contributed by atoms with van der Waals surface area (Å²) < 4.78 is 0. The number of rotatable bonds is 3. The average molecular weight is 214 g/mol. The molecule has 1 aliphatic carbocycles. The van der Waals surface area contributed by atoms with E-state index in [0.717, 1.165) is 18.9 Å². The molecule has 1 fully saturated rings. The molecule has 0 radical (unpaired) electrons. The van der Waals surface area contributed by atoms with Gasteiger partial charge in [0.15, 0.2) is 0 Å². The zero-order chi connectivity index (χ0) is 11.1. The number of fused-ring (bicyclic) bond motifs is 1. The van der Waals surface area contributed by atoms with E-state index in [2.05, 4.69) is 30.1 Å². The lowest BCUT2D eigenvalue weighted by Crippen LogP contribution is -2.04. The van der Waals surface area contributed by atoms with E-state index in [0.29, 0.717) is 0 Å². The molecule has 0 saturated heterocycles. The number of aromatic nitrogens is 1. The Balaban J connectivity index is 2.25. The van der Waals surface area contributed by atoms with Crippen molar-refractivity contribution in [2.45, 2.75) is 32.1 Å². The van der Waals surface area contributed by atoms with Gasteiger partial charge in [-0.3, -0.25) is 0 Å². The Morgan fingerprint density at radius 1 is 1.38 bits per heavy atom. The molecule has 2 nitrogen and oxygen atoms in total. The number of nitrogens with two attached hydrogens (primary N) is 1. The van der Waals surface area contributed by atoms with Crippen LogP contribution in [0.5, 0.6) is 0 Å². The van der Waals surface area contributed by atoms with Crippen LogP contribution in [-0.4, -0.2) is 11.5 Å². The van der Waals surface area contributed by atoms with Crippen molar-refractivity contribution in [3.05, 3.63) is 35.0 Å². The Hall–Kier alpha value is -1.28. The van der Waals surface area contributed by atoms with Gasteiger partial charge in [-0.1, -0.05) is 12.1 Å². The summed E-state index contributed by atoms with van der Waals surface area (Å²) in [6.07, 6.45) is 3.67. The quantitative estimate of drug-likeness (QED) is 0.810. The van der Waals surface area contributed by atoms with Gasteiger partial charge in [0.2, 0.25) is 0 Å². The van der Waals surface area contributed by atoms with Crippen LogP contribution in [0.25, 0.3) is 10.9 Å². The Morgan fingerprint density at radius 2 is 2.19 bits per heavy atom.